The fourth-order valence-corrected chi connectivity index (χ4v) is 15.8. The highest BCUT2D eigenvalue weighted by Gasteiger charge is 2.48. The van der Waals surface area contributed by atoms with E-state index in [4.69, 9.17) is 29.9 Å². The van der Waals surface area contributed by atoms with Crippen LogP contribution < -0.4 is 0 Å². The van der Waals surface area contributed by atoms with E-state index < -0.39 is 10.8 Å². The maximum absolute atomic E-state index is 5.13. The fraction of sp³-hybridized carbons (Fsp3) is 0.0204. The Labute approximate surface area is 605 Å². The Morgan fingerprint density at radius 1 is 0.144 bits per heavy atom. The number of hydrogen-bond donors (Lipinski definition) is 0. The highest BCUT2D eigenvalue weighted by molar-refractivity contribution is 5.96. The van der Waals surface area contributed by atoms with Gasteiger partial charge in [0, 0.05) is 33.4 Å². The molecule has 0 atom stereocenters. The van der Waals surface area contributed by atoms with Gasteiger partial charge in [0.05, 0.1) is 10.8 Å². The van der Waals surface area contributed by atoms with Crippen LogP contribution in [0.2, 0.25) is 0 Å². The molecule has 104 heavy (non-hydrogen) atoms. The molecule has 2 aromatic heterocycles. The zero-order valence-corrected chi connectivity index (χ0v) is 56.8. The maximum Gasteiger partial charge on any atom is 0.164 e. The smallest absolute Gasteiger partial charge is 0.164 e. The minimum atomic E-state index is -0.466. The molecule has 2 heterocycles. The number of rotatable bonds is 13. The van der Waals surface area contributed by atoms with E-state index in [2.05, 4.69) is 303 Å². The summed E-state index contributed by atoms with van der Waals surface area (Å²) in [4.78, 5) is 30.1. The van der Waals surface area contributed by atoms with Gasteiger partial charge in [0.25, 0.3) is 0 Å². The van der Waals surface area contributed by atoms with Crippen molar-refractivity contribution in [1.82, 2.24) is 29.9 Å². The van der Waals surface area contributed by atoms with Crippen LogP contribution in [0.15, 0.2) is 400 Å². The Morgan fingerprint density at radius 2 is 0.404 bits per heavy atom. The molecule has 17 aromatic rings. The van der Waals surface area contributed by atoms with Crippen molar-refractivity contribution in [3.05, 3.63) is 445 Å². The number of aromatic nitrogens is 6. The summed E-state index contributed by atoms with van der Waals surface area (Å²) in [7, 11) is 0. The summed E-state index contributed by atoms with van der Waals surface area (Å²) in [6.45, 7) is 0. The first-order valence-corrected chi connectivity index (χ1v) is 35.3. The molecular formula is C98H66N6. The molecule has 0 saturated carbocycles. The predicted octanol–water partition coefficient (Wildman–Crippen LogP) is 23.5. The minimum absolute atomic E-state index is 0.453. The Balaban J connectivity index is 0.000000149. The largest absolute Gasteiger partial charge is 0.208 e. The Kier molecular flexibility index (Phi) is 16.3. The van der Waals surface area contributed by atoms with Crippen molar-refractivity contribution >= 4 is 0 Å². The van der Waals surface area contributed by atoms with Crippen LogP contribution >= 0.6 is 0 Å². The minimum Gasteiger partial charge on any atom is -0.208 e. The second kappa shape index (κ2) is 27.1. The first kappa shape index (κ1) is 62.6. The van der Waals surface area contributed by atoms with Crippen LogP contribution in [-0.2, 0) is 10.8 Å². The van der Waals surface area contributed by atoms with E-state index in [-0.39, 0.29) is 0 Å². The van der Waals surface area contributed by atoms with E-state index >= 15 is 0 Å². The van der Waals surface area contributed by atoms with Crippen molar-refractivity contribution in [3.8, 4) is 124 Å². The lowest BCUT2D eigenvalue weighted by Crippen LogP contribution is -2.28. The predicted molar refractivity (Wildman–Crippen MR) is 423 cm³/mol. The van der Waals surface area contributed by atoms with E-state index in [0.717, 1.165) is 55.6 Å². The monoisotopic (exact) mass is 1330 g/mol. The average molecular weight is 1330 g/mol. The van der Waals surface area contributed by atoms with Crippen LogP contribution in [0.3, 0.4) is 0 Å². The first-order chi connectivity index (χ1) is 51.6. The first-order valence-electron chi connectivity index (χ1n) is 35.3. The highest BCUT2D eigenvalue weighted by Crippen LogP contribution is 2.59. The Hall–Kier alpha value is -13.7. The molecule has 19 rings (SSSR count). The summed E-state index contributed by atoms with van der Waals surface area (Å²) < 4.78 is 0. The van der Waals surface area contributed by atoms with Crippen LogP contribution in [0, 0.1) is 0 Å². The quantitative estimate of drug-likeness (QED) is 0.114. The third-order valence-electron chi connectivity index (χ3n) is 20.4. The van der Waals surface area contributed by atoms with Gasteiger partial charge in [0.15, 0.2) is 34.9 Å². The van der Waals surface area contributed by atoms with Crippen LogP contribution in [-0.4, -0.2) is 29.9 Å². The molecule has 0 spiro atoms. The molecule has 0 amide bonds. The van der Waals surface area contributed by atoms with E-state index in [1.54, 1.807) is 0 Å². The van der Waals surface area contributed by atoms with Crippen LogP contribution in [0.25, 0.3) is 124 Å². The normalized spacial score (nSPS) is 12.6. The summed E-state index contributed by atoms with van der Waals surface area (Å²) in [5.41, 5.74) is 26.8. The summed E-state index contributed by atoms with van der Waals surface area (Å²) in [6.07, 6.45) is 0. The molecule has 0 unspecified atom stereocenters. The molecular weight excluding hydrogens is 1260 g/mol. The van der Waals surface area contributed by atoms with Gasteiger partial charge < -0.3 is 0 Å². The van der Waals surface area contributed by atoms with Crippen LogP contribution in [0.4, 0.5) is 0 Å². The fourth-order valence-electron chi connectivity index (χ4n) is 15.8. The van der Waals surface area contributed by atoms with Gasteiger partial charge in [-0.25, -0.2) is 29.9 Å². The Bertz CT molecular complexity index is 5800. The third kappa shape index (κ3) is 11.2. The van der Waals surface area contributed by atoms with Gasteiger partial charge in [-0.1, -0.05) is 382 Å². The standard InChI is InChI=1S/C52H35N3.C46H31N3/c1-5-17-36(18-6-1)37-31-33-39(34-32-37)50-53-49(38-19-7-2-8-20-38)54-51(55-50)41-22-15-21-40(35-41)44-28-16-30-47-48(44)45-27-13-14-29-46(45)52(47,42-23-9-3-10-24-42)43-25-11-4-12-26-43;1-5-16-32(17-6-1)43-47-44(33-18-7-2-8-19-33)49-45(48-43)36-21-15-20-34(30-36)35-28-29-40-39-26-13-14-27-41(39)46(42(40)31-35,37-22-9-3-10-23-37)38-24-11-4-12-25-38/h1-35H;1-31H. The van der Waals surface area contributed by atoms with E-state index in [1.807, 2.05) is 97.1 Å². The molecule has 15 aromatic carbocycles. The van der Waals surface area contributed by atoms with E-state index in [0.29, 0.717) is 34.9 Å². The average Bonchev–Trinajstić information content (AvgIpc) is 1.54. The molecule has 2 aliphatic carbocycles. The summed E-state index contributed by atoms with van der Waals surface area (Å²) >= 11 is 0. The maximum atomic E-state index is 5.13. The van der Waals surface area contributed by atoms with Crippen molar-refractivity contribution in [1.29, 1.82) is 0 Å². The zero-order valence-electron chi connectivity index (χ0n) is 56.8. The van der Waals surface area contributed by atoms with E-state index in [9.17, 15) is 0 Å². The summed E-state index contributed by atoms with van der Waals surface area (Å²) in [5, 5.41) is 0. The molecule has 0 bridgehead atoms. The van der Waals surface area contributed by atoms with Crippen LogP contribution in [0.5, 0.6) is 0 Å². The lowest BCUT2D eigenvalue weighted by molar-refractivity contribution is 0.768. The topological polar surface area (TPSA) is 77.3 Å². The zero-order chi connectivity index (χ0) is 69.2. The molecule has 0 N–H and O–H groups in total. The van der Waals surface area contributed by atoms with Gasteiger partial charge in [-0.05, 0) is 118 Å². The number of nitrogens with zero attached hydrogens (tertiary/aromatic N) is 6. The molecule has 0 radical (unpaired) electrons. The van der Waals surface area contributed by atoms with Crippen molar-refractivity contribution in [3.63, 3.8) is 0 Å². The van der Waals surface area contributed by atoms with Gasteiger partial charge in [0.2, 0.25) is 0 Å². The van der Waals surface area contributed by atoms with Gasteiger partial charge in [-0.2, -0.15) is 0 Å². The lowest BCUT2D eigenvalue weighted by Gasteiger charge is -2.34. The molecule has 6 heteroatoms. The molecule has 0 saturated heterocycles. The van der Waals surface area contributed by atoms with E-state index in [1.165, 1.54) is 77.9 Å². The van der Waals surface area contributed by atoms with Gasteiger partial charge in [0.1, 0.15) is 0 Å². The summed E-state index contributed by atoms with van der Waals surface area (Å²) in [6, 6.07) is 142. The lowest BCUT2D eigenvalue weighted by atomic mass is 9.67. The second-order valence-corrected chi connectivity index (χ2v) is 26.4. The molecule has 6 nitrogen and oxygen atoms in total. The SMILES string of the molecule is c1ccc(-c2ccc(-c3nc(-c4ccccc4)nc(-c4cccc(-c5cccc6c5-c5ccccc5C6(c5ccccc5)c5ccccc5)c4)n3)cc2)cc1.c1ccc(-c2nc(-c3ccccc3)nc(-c3cccc(-c4ccc5c(c4)C(c4ccccc4)(c4ccccc4)c4ccccc4-5)c3)n2)cc1. The highest BCUT2D eigenvalue weighted by atomic mass is 15.0. The second-order valence-electron chi connectivity index (χ2n) is 26.4. The Morgan fingerprint density at radius 3 is 0.865 bits per heavy atom. The van der Waals surface area contributed by atoms with Gasteiger partial charge >= 0.3 is 0 Å². The molecule has 0 aliphatic heterocycles. The van der Waals surface area contributed by atoms with Crippen molar-refractivity contribution < 1.29 is 0 Å². The molecule has 488 valence electrons. The number of hydrogen-bond acceptors (Lipinski definition) is 6. The van der Waals surface area contributed by atoms with Crippen molar-refractivity contribution in [2.24, 2.45) is 0 Å². The molecule has 2 aliphatic rings. The summed E-state index contributed by atoms with van der Waals surface area (Å²) in [5.74, 6) is 3.86. The van der Waals surface area contributed by atoms with Crippen LogP contribution in [0.1, 0.15) is 44.5 Å². The molecule has 0 fully saturated rings. The number of benzene rings is 15. The van der Waals surface area contributed by atoms with Gasteiger partial charge in [-0.3, -0.25) is 0 Å². The van der Waals surface area contributed by atoms with Gasteiger partial charge in [-0.15, -0.1) is 0 Å². The van der Waals surface area contributed by atoms with Crippen molar-refractivity contribution in [2.75, 3.05) is 0 Å². The number of fused-ring (bicyclic) bond motifs is 6. The van der Waals surface area contributed by atoms with Crippen molar-refractivity contribution in [2.45, 2.75) is 10.8 Å². The third-order valence-corrected chi connectivity index (χ3v) is 20.4.